The Balaban J connectivity index is 0.00000132. The van der Waals surface area contributed by atoms with Crippen molar-refractivity contribution in [3.8, 4) is 0 Å². The number of halogens is 2. The first kappa shape index (κ1) is 19.7. The summed E-state index contributed by atoms with van der Waals surface area (Å²) in [5.41, 5.74) is 1.81. The highest BCUT2D eigenvalue weighted by atomic mass is 35.5. The van der Waals surface area contributed by atoms with E-state index in [0.717, 1.165) is 30.9 Å². The third-order valence-electron chi connectivity index (χ3n) is 4.12. The number of pyridine rings is 1. The molecule has 3 rings (SSSR count). The average Bonchev–Trinajstić information content (AvgIpc) is 2.95. The molecule has 0 radical (unpaired) electrons. The van der Waals surface area contributed by atoms with Gasteiger partial charge in [0.05, 0.1) is 12.2 Å². The van der Waals surface area contributed by atoms with Crippen molar-refractivity contribution in [1.82, 2.24) is 20.0 Å². The van der Waals surface area contributed by atoms with Crippen LogP contribution in [0.5, 0.6) is 0 Å². The van der Waals surface area contributed by atoms with Crippen molar-refractivity contribution in [2.75, 3.05) is 13.1 Å². The minimum Gasteiger partial charge on any atom is -0.350 e. The summed E-state index contributed by atoms with van der Waals surface area (Å²) in [6, 6.07) is 5.89. The molecule has 0 bridgehead atoms. The van der Waals surface area contributed by atoms with Crippen LogP contribution in [0.25, 0.3) is 5.65 Å². The van der Waals surface area contributed by atoms with E-state index in [1.807, 2.05) is 35.0 Å². The fraction of sp³-hybridized carbons (Fsp3) is 0.500. The van der Waals surface area contributed by atoms with Gasteiger partial charge in [-0.05, 0) is 50.4 Å². The van der Waals surface area contributed by atoms with Gasteiger partial charge in [0.1, 0.15) is 5.65 Å². The first-order valence-corrected chi connectivity index (χ1v) is 7.71. The van der Waals surface area contributed by atoms with Crippen molar-refractivity contribution in [3.63, 3.8) is 0 Å². The molecule has 128 valence electrons. The second-order valence-corrected chi connectivity index (χ2v) is 5.71. The molecular formula is C16H24Cl2N4O. The van der Waals surface area contributed by atoms with Crippen molar-refractivity contribution in [1.29, 1.82) is 0 Å². The summed E-state index contributed by atoms with van der Waals surface area (Å²) in [5.74, 6) is 0.831. The maximum Gasteiger partial charge on any atom is 0.220 e. The molecule has 0 aliphatic carbocycles. The standard InChI is InChI=1S/C16H22N4O.2ClH/c21-16(5-4-13-6-8-17-9-7-13)18-11-14-12-20-10-2-1-3-15(20)19-14;;/h1-3,10,12-13,17H,4-9,11H2,(H,18,21);2*1H. The topological polar surface area (TPSA) is 58.4 Å². The zero-order valence-corrected chi connectivity index (χ0v) is 14.7. The van der Waals surface area contributed by atoms with E-state index in [9.17, 15) is 4.79 Å². The highest BCUT2D eigenvalue weighted by molar-refractivity contribution is 5.85. The van der Waals surface area contributed by atoms with E-state index in [1.165, 1.54) is 12.8 Å². The van der Waals surface area contributed by atoms with Gasteiger partial charge in [-0.2, -0.15) is 0 Å². The van der Waals surface area contributed by atoms with E-state index in [4.69, 9.17) is 0 Å². The van der Waals surface area contributed by atoms with E-state index in [2.05, 4.69) is 15.6 Å². The molecule has 1 aliphatic rings. The molecule has 1 saturated heterocycles. The molecule has 0 saturated carbocycles. The van der Waals surface area contributed by atoms with E-state index in [0.29, 0.717) is 18.9 Å². The molecular weight excluding hydrogens is 335 g/mol. The Hall–Kier alpha value is -1.30. The molecule has 2 aromatic heterocycles. The molecule has 2 N–H and O–H groups in total. The minimum absolute atomic E-state index is 0. The van der Waals surface area contributed by atoms with Crippen LogP contribution in [0.1, 0.15) is 31.4 Å². The minimum atomic E-state index is 0. The quantitative estimate of drug-likeness (QED) is 0.863. The van der Waals surface area contributed by atoms with Crippen molar-refractivity contribution in [2.45, 2.75) is 32.2 Å². The Morgan fingerprint density at radius 2 is 2.09 bits per heavy atom. The van der Waals surface area contributed by atoms with Gasteiger partial charge in [-0.25, -0.2) is 4.98 Å². The fourth-order valence-corrected chi connectivity index (χ4v) is 2.86. The summed E-state index contributed by atoms with van der Waals surface area (Å²) in [7, 11) is 0. The van der Waals surface area contributed by atoms with Gasteiger partial charge < -0.3 is 15.0 Å². The number of nitrogens with one attached hydrogen (secondary N) is 2. The summed E-state index contributed by atoms with van der Waals surface area (Å²) in [4.78, 5) is 16.4. The lowest BCUT2D eigenvalue weighted by Gasteiger charge is -2.22. The maximum absolute atomic E-state index is 11.9. The monoisotopic (exact) mass is 358 g/mol. The Labute approximate surface area is 149 Å². The van der Waals surface area contributed by atoms with Crippen LogP contribution in [0, 0.1) is 5.92 Å². The molecule has 1 aliphatic heterocycles. The van der Waals surface area contributed by atoms with Crippen LogP contribution in [-0.4, -0.2) is 28.4 Å². The van der Waals surface area contributed by atoms with Crippen molar-refractivity contribution in [3.05, 3.63) is 36.3 Å². The number of hydrogen-bond acceptors (Lipinski definition) is 3. The lowest BCUT2D eigenvalue weighted by molar-refractivity contribution is -0.121. The van der Waals surface area contributed by atoms with Gasteiger partial charge in [0.2, 0.25) is 5.91 Å². The van der Waals surface area contributed by atoms with Crippen LogP contribution in [0.4, 0.5) is 0 Å². The zero-order valence-electron chi connectivity index (χ0n) is 13.0. The Morgan fingerprint density at radius 1 is 1.30 bits per heavy atom. The van der Waals surface area contributed by atoms with Gasteiger partial charge in [0.25, 0.3) is 0 Å². The number of carbonyl (C=O) groups is 1. The first-order chi connectivity index (χ1) is 10.3. The largest absolute Gasteiger partial charge is 0.350 e. The number of rotatable bonds is 5. The second kappa shape index (κ2) is 9.75. The predicted molar refractivity (Wildman–Crippen MR) is 96.4 cm³/mol. The molecule has 3 heterocycles. The second-order valence-electron chi connectivity index (χ2n) is 5.71. The van der Waals surface area contributed by atoms with Crippen molar-refractivity contribution >= 4 is 36.4 Å². The highest BCUT2D eigenvalue weighted by Gasteiger charge is 2.14. The number of aromatic nitrogens is 2. The van der Waals surface area contributed by atoms with Crippen LogP contribution in [0.2, 0.25) is 0 Å². The van der Waals surface area contributed by atoms with E-state index in [1.54, 1.807) is 0 Å². The van der Waals surface area contributed by atoms with Crippen LogP contribution >= 0.6 is 24.8 Å². The van der Waals surface area contributed by atoms with Crippen LogP contribution in [-0.2, 0) is 11.3 Å². The van der Waals surface area contributed by atoms with Crippen LogP contribution in [0.3, 0.4) is 0 Å². The van der Waals surface area contributed by atoms with Crippen LogP contribution < -0.4 is 10.6 Å². The summed E-state index contributed by atoms with van der Waals surface area (Å²) in [5, 5.41) is 6.32. The third kappa shape index (κ3) is 5.68. The van der Waals surface area contributed by atoms with Crippen molar-refractivity contribution in [2.24, 2.45) is 5.92 Å². The molecule has 1 fully saturated rings. The van der Waals surface area contributed by atoms with Gasteiger partial charge in [-0.3, -0.25) is 4.79 Å². The SMILES string of the molecule is Cl.Cl.O=C(CCC1CCNCC1)NCc1cn2ccccc2n1. The highest BCUT2D eigenvalue weighted by Crippen LogP contribution is 2.17. The first-order valence-electron chi connectivity index (χ1n) is 7.71. The third-order valence-corrected chi connectivity index (χ3v) is 4.12. The number of amides is 1. The Kier molecular flexibility index (Phi) is 8.37. The number of imidazole rings is 1. The lowest BCUT2D eigenvalue weighted by atomic mass is 9.93. The van der Waals surface area contributed by atoms with Gasteiger partial charge >= 0.3 is 0 Å². The normalized spacial score (nSPS) is 14.8. The number of nitrogens with zero attached hydrogens (tertiary/aromatic N) is 2. The van der Waals surface area contributed by atoms with E-state index in [-0.39, 0.29) is 30.7 Å². The number of fused-ring (bicyclic) bond motifs is 1. The maximum atomic E-state index is 11.9. The molecule has 0 spiro atoms. The van der Waals surface area contributed by atoms with Gasteiger partial charge in [0, 0.05) is 18.8 Å². The molecule has 7 heteroatoms. The average molecular weight is 359 g/mol. The van der Waals surface area contributed by atoms with Gasteiger partial charge in [-0.1, -0.05) is 6.07 Å². The Morgan fingerprint density at radius 3 is 2.83 bits per heavy atom. The Bertz CT molecular complexity index is 578. The molecule has 0 atom stereocenters. The smallest absolute Gasteiger partial charge is 0.220 e. The summed E-state index contributed by atoms with van der Waals surface area (Å²) in [6.45, 7) is 2.69. The molecule has 2 aromatic rings. The molecule has 5 nitrogen and oxygen atoms in total. The van der Waals surface area contributed by atoms with Crippen molar-refractivity contribution < 1.29 is 4.79 Å². The van der Waals surface area contributed by atoms with E-state index >= 15 is 0 Å². The molecule has 0 aromatic carbocycles. The number of carbonyl (C=O) groups excluding carboxylic acids is 1. The lowest BCUT2D eigenvalue weighted by Crippen LogP contribution is -2.29. The fourth-order valence-electron chi connectivity index (χ4n) is 2.86. The predicted octanol–water partition coefficient (Wildman–Crippen LogP) is 2.57. The van der Waals surface area contributed by atoms with Crippen LogP contribution in [0.15, 0.2) is 30.6 Å². The summed E-state index contributed by atoms with van der Waals surface area (Å²) in [6.07, 6.45) is 7.93. The zero-order chi connectivity index (χ0) is 14.5. The van der Waals surface area contributed by atoms with Gasteiger partial charge in [-0.15, -0.1) is 24.8 Å². The number of piperidine rings is 1. The molecule has 23 heavy (non-hydrogen) atoms. The number of hydrogen-bond donors (Lipinski definition) is 2. The van der Waals surface area contributed by atoms with E-state index < -0.39 is 0 Å². The molecule has 0 unspecified atom stereocenters. The summed E-state index contributed by atoms with van der Waals surface area (Å²) < 4.78 is 1.97. The van der Waals surface area contributed by atoms with Gasteiger partial charge in [0.15, 0.2) is 0 Å². The summed E-state index contributed by atoms with van der Waals surface area (Å²) >= 11 is 0. The molecule has 1 amide bonds.